The summed E-state index contributed by atoms with van der Waals surface area (Å²) in [5.41, 5.74) is 0.830. The third-order valence-corrected chi connectivity index (χ3v) is 3.00. The fourth-order valence-electron chi connectivity index (χ4n) is 1.42. The molecule has 0 unspecified atom stereocenters. The molecule has 0 atom stereocenters. The van der Waals surface area contributed by atoms with Crippen LogP contribution >= 0.6 is 15.9 Å². The van der Waals surface area contributed by atoms with Crippen molar-refractivity contribution in [1.82, 2.24) is 4.90 Å². The summed E-state index contributed by atoms with van der Waals surface area (Å²) >= 11 is 3.39. The average molecular weight is 335 g/mol. The van der Waals surface area contributed by atoms with Gasteiger partial charge in [-0.2, -0.15) is 5.26 Å². The average Bonchev–Trinajstić information content (AvgIpc) is 2.43. The summed E-state index contributed by atoms with van der Waals surface area (Å²) in [7, 11) is 3.21. The van der Waals surface area contributed by atoms with Gasteiger partial charge in [-0.3, -0.25) is 4.79 Å². The van der Waals surface area contributed by atoms with Crippen LogP contribution in [0.25, 0.3) is 6.08 Å². The van der Waals surface area contributed by atoms with E-state index < -0.39 is 0 Å². The van der Waals surface area contributed by atoms with Gasteiger partial charge in [-0.25, -0.2) is 0 Å². The van der Waals surface area contributed by atoms with Crippen molar-refractivity contribution in [2.75, 3.05) is 20.7 Å². The van der Waals surface area contributed by atoms with Gasteiger partial charge in [0.1, 0.15) is 24.0 Å². The van der Waals surface area contributed by atoms with Crippen LogP contribution in [-0.2, 0) is 4.79 Å². The maximum Gasteiger partial charge on any atom is 0.264 e. The second-order valence-corrected chi connectivity index (χ2v) is 5.01. The van der Waals surface area contributed by atoms with Crippen LogP contribution in [0.5, 0.6) is 5.75 Å². The highest BCUT2D eigenvalue weighted by Gasteiger charge is 2.11. The molecule has 0 aromatic heterocycles. The fourth-order valence-corrected chi connectivity index (χ4v) is 1.93. The molecule has 0 fully saturated rings. The van der Waals surface area contributed by atoms with E-state index in [1.54, 1.807) is 44.4 Å². The lowest BCUT2D eigenvalue weighted by atomic mass is 10.1. The topological polar surface area (TPSA) is 53.3 Å². The van der Waals surface area contributed by atoms with E-state index in [0.29, 0.717) is 12.4 Å². The molecule has 0 heterocycles. The van der Waals surface area contributed by atoms with Crippen molar-refractivity contribution in [1.29, 1.82) is 5.26 Å². The van der Waals surface area contributed by atoms with Crippen LogP contribution in [0, 0.1) is 11.3 Å². The lowest BCUT2D eigenvalue weighted by Crippen LogP contribution is -2.22. The van der Waals surface area contributed by atoms with Crippen molar-refractivity contribution in [2.45, 2.75) is 0 Å². The van der Waals surface area contributed by atoms with Gasteiger partial charge in [0.05, 0.1) is 4.47 Å². The molecule has 0 aliphatic carbocycles. The van der Waals surface area contributed by atoms with Crippen molar-refractivity contribution < 1.29 is 9.53 Å². The molecule has 1 aromatic rings. The zero-order chi connectivity index (χ0) is 15.1. The minimum Gasteiger partial charge on any atom is -0.488 e. The number of nitrogens with zero attached hydrogens (tertiary/aromatic N) is 2. The van der Waals surface area contributed by atoms with E-state index in [9.17, 15) is 4.79 Å². The number of hydrogen-bond donors (Lipinski definition) is 0. The SMILES string of the molecule is C=CCOc1ccc(/C=C(/C#N)C(=O)N(C)C)cc1Br. The van der Waals surface area contributed by atoms with Gasteiger partial charge in [0.2, 0.25) is 0 Å². The standard InChI is InChI=1S/C15H15BrN2O2/c1-4-7-20-14-6-5-11(9-13(14)16)8-12(10-17)15(19)18(2)3/h4-6,8-9H,1,7H2,2-3H3/b12-8-. The van der Waals surface area contributed by atoms with Crippen molar-refractivity contribution in [3.05, 3.63) is 46.5 Å². The summed E-state index contributed by atoms with van der Waals surface area (Å²) in [5, 5.41) is 9.03. The molecule has 1 amide bonds. The van der Waals surface area contributed by atoms with Crippen LogP contribution in [0.3, 0.4) is 0 Å². The fraction of sp³-hybridized carbons (Fsp3) is 0.200. The molecule has 0 radical (unpaired) electrons. The zero-order valence-corrected chi connectivity index (χ0v) is 13.0. The Morgan fingerprint density at radius 3 is 2.75 bits per heavy atom. The molecule has 4 nitrogen and oxygen atoms in total. The smallest absolute Gasteiger partial charge is 0.264 e. The molecule has 5 heteroatoms. The lowest BCUT2D eigenvalue weighted by molar-refractivity contribution is -0.124. The molecule has 0 saturated heterocycles. The van der Waals surface area contributed by atoms with Gasteiger partial charge < -0.3 is 9.64 Å². The molecule has 0 saturated carbocycles. The van der Waals surface area contributed by atoms with Crippen LogP contribution < -0.4 is 4.74 Å². The highest BCUT2D eigenvalue weighted by molar-refractivity contribution is 9.10. The van der Waals surface area contributed by atoms with E-state index in [1.807, 2.05) is 6.07 Å². The molecule has 0 aliphatic rings. The van der Waals surface area contributed by atoms with Crippen molar-refractivity contribution in [3.63, 3.8) is 0 Å². The van der Waals surface area contributed by atoms with Crippen LogP contribution in [0.2, 0.25) is 0 Å². The van der Waals surface area contributed by atoms with Gasteiger partial charge in [0.25, 0.3) is 5.91 Å². The van der Waals surface area contributed by atoms with Crippen LogP contribution in [0.1, 0.15) is 5.56 Å². The monoisotopic (exact) mass is 334 g/mol. The van der Waals surface area contributed by atoms with E-state index >= 15 is 0 Å². The van der Waals surface area contributed by atoms with Crippen LogP contribution in [-0.4, -0.2) is 31.5 Å². The Morgan fingerprint density at radius 1 is 1.55 bits per heavy atom. The second kappa shape index (κ2) is 7.51. The van der Waals surface area contributed by atoms with E-state index in [4.69, 9.17) is 10.00 Å². The van der Waals surface area contributed by atoms with Crippen molar-refractivity contribution in [3.8, 4) is 11.8 Å². The minimum absolute atomic E-state index is 0.0849. The van der Waals surface area contributed by atoms with Gasteiger partial charge in [-0.15, -0.1) is 0 Å². The number of hydrogen-bond acceptors (Lipinski definition) is 3. The number of carbonyl (C=O) groups excluding carboxylic acids is 1. The zero-order valence-electron chi connectivity index (χ0n) is 11.4. The first-order valence-corrected chi connectivity index (χ1v) is 6.65. The third-order valence-electron chi connectivity index (χ3n) is 2.38. The molecule has 0 spiro atoms. The Labute approximate surface area is 127 Å². The summed E-state index contributed by atoms with van der Waals surface area (Å²) in [4.78, 5) is 13.1. The van der Waals surface area contributed by atoms with Crippen molar-refractivity contribution >= 4 is 27.9 Å². The number of benzene rings is 1. The molecule has 20 heavy (non-hydrogen) atoms. The van der Waals surface area contributed by atoms with Gasteiger partial charge in [0, 0.05) is 14.1 Å². The number of nitriles is 1. The Kier molecular flexibility index (Phi) is 6.01. The van der Waals surface area contributed by atoms with Gasteiger partial charge in [0.15, 0.2) is 0 Å². The lowest BCUT2D eigenvalue weighted by Gasteiger charge is -2.09. The summed E-state index contributed by atoms with van der Waals surface area (Å²) < 4.78 is 6.18. The summed E-state index contributed by atoms with van der Waals surface area (Å²) in [6, 6.07) is 7.25. The van der Waals surface area contributed by atoms with E-state index in [2.05, 4.69) is 22.5 Å². The summed E-state index contributed by atoms with van der Waals surface area (Å²) in [5.74, 6) is 0.357. The minimum atomic E-state index is -0.324. The number of amides is 1. The molecular formula is C15H15BrN2O2. The third kappa shape index (κ3) is 4.25. The number of likely N-dealkylation sites (N-methyl/N-ethyl adjacent to an activating group) is 1. The quantitative estimate of drug-likeness (QED) is 0.472. The second-order valence-electron chi connectivity index (χ2n) is 4.16. The van der Waals surface area contributed by atoms with Gasteiger partial charge in [-0.1, -0.05) is 18.7 Å². The van der Waals surface area contributed by atoms with E-state index in [-0.39, 0.29) is 11.5 Å². The van der Waals surface area contributed by atoms with Gasteiger partial charge in [-0.05, 0) is 39.7 Å². The molecular weight excluding hydrogens is 320 g/mol. The molecule has 1 rings (SSSR count). The first-order chi connectivity index (χ1) is 9.49. The highest BCUT2D eigenvalue weighted by Crippen LogP contribution is 2.27. The first-order valence-electron chi connectivity index (χ1n) is 5.86. The molecule has 0 aliphatic heterocycles. The Bertz CT molecular complexity index is 586. The number of ether oxygens (including phenoxy) is 1. The highest BCUT2D eigenvalue weighted by atomic mass is 79.9. The molecule has 0 bridgehead atoms. The summed E-state index contributed by atoms with van der Waals surface area (Å²) in [6.07, 6.45) is 3.20. The van der Waals surface area contributed by atoms with Crippen LogP contribution in [0.4, 0.5) is 0 Å². The van der Waals surface area contributed by atoms with E-state index in [0.717, 1.165) is 10.0 Å². The summed E-state index contributed by atoms with van der Waals surface area (Å²) in [6.45, 7) is 3.99. The first kappa shape index (κ1) is 16.0. The normalized spacial score (nSPS) is 10.6. The Morgan fingerprint density at radius 2 is 2.25 bits per heavy atom. The predicted molar refractivity (Wildman–Crippen MR) is 82.1 cm³/mol. The Balaban J connectivity index is 3.03. The Hall–Kier alpha value is -2.06. The largest absolute Gasteiger partial charge is 0.488 e. The number of halogens is 1. The maximum absolute atomic E-state index is 11.8. The van der Waals surface area contributed by atoms with Crippen LogP contribution in [0.15, 0.2) is 40.9 Å². The maximum atomic E-state index is 11.8. The van der Waals surface area contributed by atoms with Gasteiger partial charge >= 0.3 is 0 Å². The predicted octanol–water partition coefficient (Wildman–Crippen LogP) is 3.01. The molecule has 104 valence electrons. The van der Waals surface area contributed by atoms with Crippen molar-refractivity contribution in [2.24, 2.45) is 0 Å². The van der Waals surface area contributed by atoms with E-state index in [1.165, 1.54) is 4.90 Å². The molecule has 1 aromatic carbocycles. The molecule has 0 N–H and O–H groups in total. The number of rotatable bonds is 5. The number of carbonyl (C=O) groups is 1.